The van der Waals surface area contributed by atoms with Crippen molar-refractivity contribution >= 4 is 17.5 Å². The summed E-state index contributed by atoms with van der Waals surface area (Å²) >= 11 is 5.42. The Bertz CT molecular complexity index is 341. The topological polar surface area (TPSA) is 24.5 Å². The van der Waals surface area contributed by atoms with Gasteiger partial charge in [-0.15, -0.1) is 0 Å². The molecule has 1 N–H and O–H groups in total. The molecule has 74 valence electrons. The van der Waals surface area contributed by atoms with Crippen molar-refractivity contribution in [2.75, 3.05) is 18.0 Å². The van der Waals surface area contributed by atoms with E-state index in [0.717, 1.165) is 24.5 Å². The Morgan fingerprint density at radius 2 is 2.21 bits per heavy atom. The van der Waals surface area contributed by atoms with Crippen LogP contribution in [0.3, 0.4) is 0 Å². The first-order valence-corrected chi connectivity index (χ1v) is 4.82. The van der Waals surface area contributed by atoms with Crippen molar-refractivity contribution in [1.82, 2.24) is 4.84 Å². The van der Waals surface area contributed by atoms with Gasteiger partial charge in [-0.3, -0.25) is 0 Å². The lowest BCUT2D eigenvalue weighted by Gasteiger charge is -2.25. The molecule has 1 aromatic carbocycles. The molecule has 1 aliphatic heterocycles. The number of fused-ring (bicyclic) bond motifs is 1. The SMILES string of the molecule is ClNCCN1C=COc2ccccc21. The number of rotatable bonds is 3. The molecule has 0 unspecified atom stereocenters. The van der Waals surface area contributed by atoms with E-state index in [0.29, 0.717) is 0 Å². The third-order valence-electron chi connectivity index (χ3n) is 2.06. The monoisotopic (exact) mass is 210 g/mol. The third kappa shape index (κ3) is 1.84. The fourth-order valence-electron chi connectivity index (χ4n) is 1.41. The Labute approximate surface area is 88.0 Å². The molecule has 0 radical (unpaired) electrons. The lowest BCUT2D eigenvalue weighted by molar-refractivity contribution is 0.469. The number of ether oxygens (including phenoxy) is 1. The zero-order chi connectivity index (χ0) is 9.80. The molecule has 1 heterocycles. The molecular weight excluding hydrogens is 200 g/mol. The van der Waals surface area contributed by atoms with Crippen LogP contribution in [-0.2, 0) is 0 Å². The van der Waals surface area contributed by atoms with Crippen LogP contribution in [0.1, 0.15) is 0 Å². The summed E-state index contributed by atoms with van der Waals surface area (Å²) < 4.78 is 5.36. The highest BCUT2D eigenvalue weighted by Crippen LogP contribution is 2.30. The number of benzene rings is 1. The number of anilines is 1. The first kappa shape index (κ1) is 9.37. The van der Waals surface area contributed by atoms with Crippen LogP contribution in [-0.4, -0.2) is 13.1 Å². The predicted octanol–water partition coefficient (Wildman–Crippen LogP) is 2.10. The quantitative estimate of drug-likeness (QED) is 0.774. The largest absolute Gasteiger partial charge is 0.461 e. The second kappa shape index (κ2) is 4.35. The Morgan fingerprint density at radius 3 is 3.07 bits per heavy atom. The average Bonchev–Trinajstić information content (AvgIpc) is 2.26. The lowest BCUT2D eigenvalue weighted by Crippen LogP contribution is -2.26. The van der Waals surface area contributed by atoms with Crippen molar-refractivity contribution in [3.63, 3.8) is 0 Å². The van der Waals surface area contributed by atoms with E-state index in [4.69, 9.17) is 16.5 Å². The van der Waals surface area contributed by atoms with E-state index in [-0.39, 0.29) is 0 Å². The highest BCUT2D eigenvalue weighted by molar-refractivity contribution is 6.13. The fraction of sp³-hybridized carbons (Fsp3) is 0.200. The molecule has 0 aromatic heterocycles. The maximum atomic E-state index is 5.42. The average molecular weight is 211 g/mol. The van der Waals surface area contributed by atoms with E-state index in [1.54, 1.807) is 6.26 Å². The van der Waals surface area contributed by atoms with Gasteiger partial charge in [-0.1, -0.05) is 12.1 Å². The molecule has 0 amide bonds. The Hall–Kier alpha value is -1.19. The highest BCUT2D eigenvalue weighted by Gasteiger charge is 2.12. The normalized spacial score (nSPS) is 13.6. The molecule has 14 heavy (non-hydrogen) atoms. The minimum Gasteiger partial charge on any atom is -0.461 e. The molecule has 0 spiro atoms. The number of halogens is 1. The second-order valence-corrected chi connectivity index (χ2v) is 3.22. The summed E-state index contributed by atoms with van der Waals surface area (Å²) in [6.07, 6.45) is 3.58. The van der Waals surface area contributed by atoms with E-state index in [1.165, 1.54) is 0 Å². The van der Waals surface area contributed by atoms with E-state index in [2.05, 4.69) is 9.74 Å². The predicted molar refractivity (Wildman–Crippen MR) is 57.4 cm³/mol. The van der Waals surface area contributed by atoms with Gasteiger partial charge in [-0.05, 0) is 23.9 Å². The summed E-state index contributed by atoms with van der Waals surface area (Å²) in [6, 6.07) is 7.91. The second-order valence-electron chi connectivity index (χ2n) is 2.95. The smallest absolute Gasteiger partial charge is 0.150 e. The maximum Gasteiger partial charge on any atom is 0.150 e. The number of para-hydroxylation sites is 2. The van der Waals surface area contributed by atoms with Crippen LogP contribution in [0.25, 0.3) is 0 Å². The van der Waals surface area contributed by atoms with Crippen molar-refractivity contribution < 1.29 is 4.74 Å². The minimum absolute atomic E-state index is 0.722. The van der Waals surface area contributed by atoms with Crippen LogP contribution in [0, 0.1) is 0 Å². The number of nitrogens with zero attached hydrogens (tertiary/aromatic N) is 1. The number of nitrogens with one attached hydrogen (secondary N) is 1. The van der Waals surface area contributed by atoms with E-state index in [1.807, 2.05) is 30.5 Å². The van der Waals surface area contributed by atoms with Gasteiger partial charge >= 0.3 is 0 Å². The summed E-state index contributed by atoms with van der Waals surface area (Å²) in [5, 5.41) is 0. The maximum absolute atomic E-state index is 5.42. The molecule has 0 atom stereocenters. The van der Waals surface area contributed by atoms with Gasteiger partial charge in [0.25, 0.3) is 0 Å². The van der Waals surface area contributed by atoms with E-state index >= 15 is 0 Å². The fourth-order valence-corrected chi connectivity index (χ4v) is 1.49. The van der Waals surface area contributed by atoms with Gasteiger partial charge in [0.05, 0.1) is 5.69 Å². The molecule has 1 aromatic rings. The van der Waals surface area contributed by atoms with Crippen LogP contribution in [0.15, 0.2) is 36.7 Å². The first-order valence-electron chi connectivity index (χ1n) is 4.44. The molecular formula is C10H11ClN2O. The van der Waals surface area contributed by atoms with Gasteiger partial charge in [0.15, 0.2) is 0 Å². The summed E-state index contributed by atoms with van der Waals surface area (Å²) in [7, 11) is 0. The Kier molecular flexibility index (Phi) is 2.91. The lowest BCUT2D eigenvalue weighted by atomic mass is 10.2. The van der Waals surface area contributed by atoms with Crippen LogP contribution in [0.2, 0.25) is 0 Å². The van der Waals surface area contributed by atoms with Crippen molar-refractivity contribution in [2.45, 2.75) is 0 Å². The molecule has 0 saturated heterocycles. The molecule has 1 aliphatic rings. The molecule has 0 bridgehead atoms. The van der Waals surface area contributed by atoms with Gasteiger partial charge in [0, 0.05) is 19.3 Å². The van der Waals surface area contributed by atoms with Gasteiger partial charge in [-0.25, -0.2) is 4.84 Å². The van der Waals surface area contributed by atoms with Crippen molar-refractivity contribution in [1.29, 1.82) is 0 Å². The molecule has 3 nitrogen and oxygen atoms in total. The number of hydrogen-bond donors (Lipinski definition) is 1. The molecule has 0 saturated carbocycles. The molecule has 4 heteroatoms. The van der Waals surface area contributed by atoms with Crippen molar-refractivity contribution in [3.05, 3.63) is 36.7 Å². The molecule has 2 rings (SSSR count). The summed E-state index contributed by atoms with van der Waals surface area (Å²) in [5.74, 6) is 0.879. The Balaban J connectivity index is 2.18. The summed E-state index contributed by atoms with van der Waals surface area (Å²) in [6.45, 7) is 1.54. The van der Waals surface area contributed by atoms with Gasteiger partial charge in [0.2, 0.25) is 0 Å². The van der Waals surface area contributed by atoms with Gasteiger partial charge < -0.3 is 9.64 Å². The van der Waals surface area contributed by atoms with Crippen molar-refractivity contribution in [2.24, 2.45) is 0 Å². The van der Waals surface area contributed by atoms with Crippen LogP contribution >= 0.6 is 11.8 Å². The van der Waals surface area contributed by atoms with Crippen LogP contribution in [0.4, 0.5) is 5.69 Å². The summed E-state index contributed by atoms with van der Waals surface area (Å²) in [5.41, 5.74) is 1.07. The van der Waals surface area contributed by atoms with Crippen LogP contribution in [0.5, 0.6) is 5.75 Å². The van der Waals surface area contributed by atoms with Gasteiger partial charge in [-0.2, -0.15) is 0 Å². The zero-order valence-electron chi connectivity index (χ0n) is 7.61. The number of hydrogen-bond acceptors (Lipinski definition) is 3. The molecule has 0 fully saturated rings. The highest BCUT2D eigenvalue weighted by atomic mass is 35.5. The molecule has 0 aliphatic carbocycles. The minimum atomic E-state index is 0.722. The van der Waals surface area contributed by atoms with Crippen LogP contribution < -0.4 is 14.5 Å². The summed E-state index contributed by atoms with van der Waals surface area (Å²) in [4.78, 5) is 4.69. The standard InChI is InChI=1S/C10H11ClN2O/c11-12-5-6-13-7-8-14-10-4-2-1-3-9(10)13/h1-4,7-8,12H,5-6H2. The zero-order valence-corrected chi connectivity index (χ0v) is 8.37. The Morgan fingerprint density at radius 1 is 1.36 bits per heavy atom. The first-order chi connectivity index (χ1) is 6.92. The third-order valence-corrected chi connectivity index (χ3v) is 2.25. The van der Waals surface area contributed by atoms with E-state index < -0.39 is 0 Å². The van der Waals surface area contributed by atoms with Crippen molar-refractivity contribution in [3.8, 4) is 5.75 Å². The van der Waals surface area contributed by atoms with Gasteiger partial charge in [0.1, 0.15) is 12.0 Å². The van der Waals surface area contributed by atoms with E-state index in [9.17, 15) is 0 Å².